The van der Waals surface area contributed by atoms with Crippen LogP contribution in [0.25, 0.3) is 0 Å². The zero-order chi connectivity index (χ0) is 18.7. The summed E-state index contributed by atoms with van der Waals surface area (Å²) in [6.45, 7) is 1.45. The maximum absolute atomic E-state index is 12.5. The molecule has 0 aromatic heterocycles. The number of fused-ring (bicyclic) bond motifs is 1. The van der Waals surface area contributed by atoms with Crippen molar-refractivity contribution in [2.75, 3.05) is 11.9 Å². The smallest absolute Gasteiger partial charge is 0.241 e. The number of carbonyl (C=O) groups excluding carboxylic acids is 1. The van der Waals surface area contributed by atoms with Crippen LogP contribution in [0.3, 0.4) is 0 Å². The Kier molecular flexibility index (Phi) is 5.65. The van der Waals surface area contributed by atoms with Crippen molar-refractivity contribution in [2.45, 2.75) is 37.5 Å². The van der Waals surface area contributed by atoms with E-state index < -0.39 is 15.9 Å². The Balaban J connectivity index is 1.66. The lowest BCUT2D eigenvalue weighted by Crippen LogP contribution is -2.33. The van der Waals surface area contributed by atoms with Crippen LogP contribution in [0, 0.1) is 6.92 Å². The molecule has 0 saturated carbocycles. The van der Waals surface area contributed by atoms with E-state index in [0.717, 1.165) is 36.8 Å². The summed E-state index contributed by atoms with van der Waals surface area (Å²) in [5.74, 6) is -0.447. The zero-order valence-electron chi connectivity index (χ0n) is 14.5. The molecule has 0 radical (unpaired) electrons. The van der Waals surface area contributed by atoms with Gasteiger partial charge in [-0.15, -0.1) is 0 Å². The molecule has 1 aliphatic rings. The fourth-order valence-corrected chi connectivity index (χ4v) is 4.27. The molecule has 7 heteroatoms. The highest BCUT2D eigenvalue weighted by Gasteiger charge is 2.19. The van der Waals surface area contributed by atoms with Gasteiger partial charge in [-0.1, -0.05) is 23.7 Å². The SMILES string of the molecule is Cc1c(Cl)cccc1NC(=O)CNS(=O)(=O)c1ccc2c(c1)CCCC2. The van der Waals surface area contributed by atoms with Crippen molar-refractivity contribution in [3.05, 3.63) is 58.1 Å². The second-order valence-electron chi connectivity index (χ2n) is 6.42. The van der Waals surface area contributed by atoms with E-state index in [2.05, 4.69) is 10.0 Å². The number of amides is 1. The topological polar surface area (TPSA) is 75.3 Å². The maximum Gasteiger partial charge on any atom is 0.241 e. The van der Waals surface area contributed by atoms with E-state index in [1.807, 2.05) is 6.07 Å². The quantitative estimate of drug-likeness (QED) is 0.818. The number of aryl methyl sites for hydroxylation is 2. The molecule has 0 aliphatic heterocycles. The van der Waals surface area contributed by atoms with E-state index in [1.54, 1.807) is 37.3 Å². The summed E-state index contributed by atoms with van der Waals surface area (Å²) in [7, 11) is -3.74. The van der Waals surface area contributed by atoms with Crippen LogP contribution in [0.1, 0.15) is 29.5 Å². The Morgan fingerprint density at radius 1 is 1.12 bits per heavy atom. The zero-order valence-corrected chi connectivity index (χ0v) is 16.1. The van der Waals surface area contributed by atoms with E-state index in [0.29, 0.717) is 10.7 Å². The van der Waals surface area contributed by atoms with Crippen LogP contribution in [-0.2, 0) is 27.7 Å². The van der Waals surface area contributed by atoms with Crippen LogP contribution in [0.5, 0.6) is 0 Å². The first kappa shape index (κ1) is 18.9. The van der Waals surface area contributed by atoms with Crippen LogP contribution in [0.2, 0.25) is 5.02 Å². The first-order valence-corrected chi connectivity index (χ1v) is 10.4. The summed E-state index contributed by atoms with van der Waals surface area (Å²) in [5, 5.41) is 3.21. The van der Waals surface area contributed by atoms with E-state index in [1.165, 1.54) is 5.56 Å². The third kappa shape index (κ3) is 4.26. The molecule has 2 aromatic carbocycles. The first-order valence-electron chi connectivity index (χ1n) is 8.53. The third-order valence-corrected chi connectivity index (χ3v) is 6.40. The molecule has 138 valence electrons. The van der Waals surface area contributed by atoms with Crippen molar-refractivity contribution in [2.24, 2.45) is 0 Å². The van der Waals surface area contributed by atoms with Crippen molar-refractivity contribution in [1.29, 1.82) is 0 Å². The molecule has 5 nitrogen and oxygen atoms in total. The first-order chi connectivity index (χ1) is 12.4. The Hall–Kier alpha value is -1.89. The van der Waals surface area contributed by atoms with Gasteiger partial charge in [0, 0.05) is 10.7 Å². The molecule has 3 rings (SSSR count). The van der Waals surface area contributed by atoms with Crippen LogP contribution < -0.4 is 10.0 Å². The van der Waals surface area contributed by atoms with E-state index in [-0.39, 0.29) is 11.4 Å². The maximum atomic E-state index is 12.5. The number of hydrogen-bond acceptors (Lipinski definition) is 3. The lowest BCUT2D eigenvalue weighted by Gasteiger charge is -2.17. The number of halogens is 1. The second-order valence-corrected chi connectivity index (χ2v) is 8.60. The van der Waals surface area contributed by atoms with Crippen LogP contribution in [-0.4, -0.2) is 20.9 Å². The number of hydrogen-bond donors (Lipinski definition) is 2. The molecular weight excluding hydrogens is 372 g/mol. The molecule has 2 N–H and O–H groups in total. The lowest BCUT2D eigenvalue weighted by atomic mass is 9.92. The molecule has 2 aromatic rings. The molecule has 0 fully saturated rings. The standard InChI is InChI=1S/C19H21ClN2O3S/c1-13-17(20)7-4-8-18(13)22-19(23)12-21-26(24,25)16-10-9-14-5-2-3-6-15(14)11-16/h4,7-11,21H,2-3,5-6,12H2,1H3,(H,22,23). The van der Waals surface area contributed by atoms with Crippen molar-refractivity contribution >= 4 is 33.2 Å². The predicted molar refractivity (Wildman–Crippen MR) is 103 cm³/mol. The summed E-state index contributed by atoms with van der Waals surface area (Å²) in [6.07, 6.45) is 4.10. The Morgan fingerprint density at radius 3 is 2.62 bits per heavy atom. The van der Waals surface area contributed by atoms with Gasteiger partial charge >= 0.3 is 0 Å². The second kappa shape index (κ2) is 7.78. The van der Waals surface area contributed by atoms with Crippen molar-refractivity contribution in [3.63, 3.8) is 0 Å². The number of carbonyl (C=O) groups is 1. The third-order valence-electron chi connectivity index (χ3n) is 4.59. The Bertz CT molecular complexity index is 942. The molecule has 0 unspecified atom stereocenters. The summed E-state index contributed by atoms with van der Waals surface area (Å²) in [6, 6.07) is 10.4. The monoisotopic (exact) mass is 392 g/mol. The van der Waals surface area contributed by atoms with Crippen LogP contribution >= 0.6 is 11.6 Å². The summed E-state index contributed by atoms with van der Waals surface area (Å²) in [4.78, 5) is 12.3. The number of rotatable bonds is 5. The molecule has 0 bridgehead atoms. The summed E-state index contributed by atoms with van der Waals surface area (Å²) < 4.78 is 27.3. The van der Waals surface area contributed by atoms with Gasteiger partial charge < -0.3 is 5.32 Å². The minimum absolute atomic E-state index is 0.199. The van der Waals surface area contributed by atoms with Gasteiger partial charge in [0.2, 0.25) is 15.9 Å². The minimum Gasteiger partial charge on any atom is -0.325 e. The molecule has 0 heterocycles. The van der Waals surface area contributed by atoms with Gasteiger partial charge in [0.05, 0.1) is 11.4 Å². The van der Waals surface area contributed by atoms with E-state index >= 15 is 0 Å². The lowest BCUT2D eigenvalue weighted by molar-refractivity contribution is -0.115. The fourth-order valence-electron chi connectivity index (χ4n) is 3.06. The van der Waals surface area contributed by atoms with Crippen molar-refractivity contribution < 1.29 is 13.2 Å². The minimum atomic E-state index is -3.74. The summed E-state index contributed by atoms with van der Waals surface area (Å²) in [5.41, 5.74) is 3.60. The van der Waals surface area contributed by atoms with Gasteiger partial charge in [-0.2, -0.15) is 0 Å². The van der Waals surface area contributed by atoms with Gasteiger partial charge in [-0.3, -0.25) is 4.79 Å². The molecule has 0 saturated heterocycles. The highest BCUT2D eigenvalue weighted by Crippen LogP contribution is 2.24. The average Bonchev–Trinajstić information content (AvgIpc) is 2.63. The van der Waals surface area contributed by atoms with Gasteiger partial charge in [-0.25, -0.2) is 13.1 Å². The molecular formula is C19H21ClN2O3S. The highest BCUT2D eigenvalue weighted by molar-refractivity contribution is 7.89. The average molecular weight is 393 g/mol. The van der Waals surface area contributed by atoms with Gasteiger partial charge in [0.15, 0.2) is 0 Å². The molecule has 1 amide bonds. The van der Waals surface area contributed by atoms with E-state index in [4.69, 9.17) is 11.6 Å². The largest absolute Gasteiger partial charge is 0.325 e. The fraction of sp³-hybridized carbons (Fsp3) is 0.316. The van der Waals surface area contributed by atoms with Gasteiger partial charge in [0.25, 0.3) is 0 Å². The van der Waals surface area contributed by atoms with Gasteiger partial charge in [-0.05, 0) is 73.6 Å². The Labute approximate surface area is 158 Å². The molecule has 26 heavy (non-hydrogen) atoms. The highest BCUT2D eigenvalue weighted by atomic mass is 35.5. The number of benzene rings is 2. The number of anilines is 1. The van der Waals surface area contributed by atoms with Crippen LogP contribution in [0.4, 0.5) is 5.69 Å². The normalized spacial score (nSPS) is 13.9. The molecule has 0 spiro atoms. The Morgan fingerprint density at radius 2 is 1.85 bits per heavy atom. The summed E-state index contributed by atoms with van der Waals surface area (Å²) >= 11 is 6.02. The van der Waals surface area contributed by atoms with Crippen molar-refractivity contribution in [3.8, 4) is 0 Å². The van der Waals surface area contributed by atoms with Crippen LogP contribution in [0.15, 0.2) is 41.3 Å². The predicted octanol–water partition coefficient (Wildman–Crippen LogP) is 3.44. The van der Waals surface area contributed by atoms with Gasteiger partial charge in [0.1, 0.15) is 0 Å². The molecule has 1 aliphatic carbocycles. The molecule has 0 atom stereocenters. The number of nitrogens with one attached hydrogen (secondary N) is 2. The number of sulfonamides is 1. The van der Waals surface area contributed by atoms with Crippen molar-refractivity contribution in [1.82, 2.24) is 4.72 Å². The van der Waals surface area contributed by atoms with E-state index in [9.17, 15) is 13.2 Å².